The van der Waals surface area contributed by atoms with E-state index in [0.29, 0.717) is 0 Å². The quantitative estimate of drug-likeness (QED) is 0.535. The zero-order chi connectivity index (χ0) is 17.4. The summed E-state index contributed by atoms with van der Waals surface area (Å²) in [5.74, 6) is -3.20. The highest BCUT2D eigenvalue weighted by Crippen LogP contribution is 2.63. The molecule has 138 valence electrons. The molecular formula is C15H25ClN2O6. The van der Waals surface area contributed by atoms with Crippen LogP contribution in [0.3, 0.4) is 0 Å². The Kier molecular flexibility index (Phi) is 6.60. The van der Waals surface area contributed by atoms with Crippen LogP contribution in [-0.2, 0) is 23.9 Å². The van der Waals surface area contributed by atoms with E-state index >= 15 is 0 Å². The van der Waals surface area contributed by atoms with Gasteiger partial charge in [0.15, 0.2) is 0 Å². The van der Waals surface area contributed by atoms with Crippen molar-refractivity contribution in [1.29, 1.82) is 0 Å². The summed E-state index contributed by atoms with van der Waals surface area (Å²) in [6.07, 6.45) is -0.873. The second kappa shape index (κ2) is 7.67. The van der Waals surface area contributed by atoms with Gasteiger partial charge in [0.25, 0.3) is 0 Å². The SMILES string of the molecule is CCOC(=O)[C@H]1[C@H]2[C@@H]1[C@](NC(=O)[C@H](C)N)(C(=O)OCC)C[C@@H]2O.Cl. The molecular weight excluding hydrogens is 340 g/mol. The number of ether oxygens (including phenoxy) is 2. The van der Waals surface area contributed by atoms with Gasteiger partial charge in [-0.2, -0.15) is 0 Å². The highest BCUT2D eigenvalue weighted by atomic mass is 35.5. The van der Waals surface area contributed by atoms with Gasteiger partial charge in [-0.3, -0.25) is 9.59 Å². The van der Waals surface area contributed by atoms with Crippen molar-refractivity contribution in [2.75, 3.05) is 13.2 Å². The summed E-state index contributed by atoms with van der Waals surface area (Å²) in [5.41, 5.74) is 4.14. The van der Waals surface area contributed by atoms with Crippen LogP contribution in [0.5, 0.6) is 0 Å². The predicted octanol–water partition coefficient (Wildman–Crippen LogP) is -0.637. The third kappa shape index (κ3) is 3.36. The number of aliphatic hydroxyl groups is 1. The minimum Gasteiger partial charge on any atom is -0.466 e. The number of nitrogens with one attached hydrogen (secondary N) is 1. The Morgan fingerprint density at radius 2 is 1.88 bits per heavy atom. The maximum Gasteiger partial charge on any atom is 0.332 e. The third-order valence-electron chi connectivity index (χ3n) is 4.58. The molecule has 2 aliphatic rings. The van der Waals surface area contributed by atoms with Crippen molar-refractivity contribution in [3.05, 3.63) is 0 Å². The fraction of sp³-hybridized carbons (Fsp3) is 0.800. The molecule has 0 saturated heterocycles. The molecule has 0 aromatic rings. The van der Waals surface area contributed by atoms with Crippen molar-refractivity contribution >= 4 is 30.3 Å². The maximum absolute atomic E-state index is 12.5. The maximum atomic E-state index is 12.5. The number of aliphatic hydroxyl groups excluding tert-OH is 1. The normalized spacial score (nSPS) is 34.4. The minimum atomic E-state index is -1.43. The molecule has 8 nitrogen and oxygen atoms in total. The molecule has 2 aliphatic carbocycles. The van der Waals surface area contributed by atoms with Gasteiger partial charge in [0.1, 0.15) is 5.54 Å². The Balaban J connectivity index is 0.00000288. The van der Waals surface area contributed by atoms with Gasteiger partial charge in [-0.15, -0.1) is 12.4 Å². The molecule has 0 bridgehead atoms. The number of halogens is 1. The van der Waals surface area contributed by atoms with E-state index in [1.807, 2.05) is 0 Å². The summed E-state index contributed by atoms with van der Waals surface area (Å²) >= 11 is 0. The second-order valence-electron chi connectivity index (χ2n) is 6.12. The number of rotatable bonds is 6. The van der Waals surface area contributed by atoms with Gasteiger partial charge in [-0.05, 0) is 20.8 Å². The van der Waals surface area contributed by atoms with E-state index in [-0.39, 0.29) is 32.0 Å². The van der Waals surface area contributed by atoms with E-state index < -0.39 is 53.3 Å². The standard InChI is InChI=1S/C15H24N2O6.ClH/c1-4-22-13(20)10-9-8(18)6-15(11(9)10,14(21)23-5-2)17-12(19)7(3)16;/h7-11,18H,4-6,16H2,1-3H3,(H,17,19);1H/t7-,8-,9-,10-,11-,15-;/m0./s1. The molecule has 24 heavy (non-hydrogen) atoms. The van der Waals surface area contributed by atoms with Crippen LogP contribution in [-0.4, -0.2) is 53.9 Å². The van der Waals surface area contributed by atoms with Crippen LogP contribution in [0.1, 0.15) is 27.2 Å². The summed E-state index contributed by atoms with van der Waals surface area (Å²) < 4.78 is 10.1. The summed E-state index contributed by atoms with van der Waals surface area (Å²) in [4.78, 5) is 36.6. The second-order valence-corrected chi connectivity index (χ2v) is 6.12. The van der Waals surface area contributed by atoms with Crippen LogP contribution in [0, 0.1) is 17.8 Å². The van der Waals surface area contributed by atoms with Crippen LogP contribution in [0.2, 0.25) is 0 Å². The number of carbonyl (C=O) groups excluding carboxylic acids is 3. The van der Waals surface area contributed by atoms with Crippen LogP contribution < -0.4 is 11.1 Å². The van der Waals surface area contributed by atoms with E-state index in [2.05, 4.69) is 5.32 Å². The van der Waals surface area contributed by atoms with Crippen molar-refractivity contribution in [3.63, 3.8) is 0 Å². The number of amides is 1. The summed E-state index contributed by atoms with van der Waals surface area (Å²) in [5, 5.41) is 12.9. The fourth-order valence-corrected chi connectivity index (χ4v) is 3.59. The largest absolute Gasteiger partial charge is 0.466 e. The molecule has 2 saturated carbocycles. The molecule has 0 aliphatic heterocycles. The molecule has 0 radical (unpaired) electrons. The van der Waals surface area contributed by atoms with Gasteiger partial charge in [0, 0.05) is 18.3 Å². The molecule has 0 aromatic carbocycles. The number of esters is 2. The smallest absolute Gasteiger partial charge is 0.332 e. The Morgan fingerprint density at radius 3 is 2.38 bits per heavy atom. The molecule has 0 spiro atoms. The van der Waals surface area contributed by atoms with E-state index in [4.69, 9.17) is 15.2 Å². The van der Waals surface area contributed by atoms with E-state index in [9.17, 15) is 19.5 Å². The molecule has 1 amide bonds. The number of hydrogen-bond acceptors (Lipinski definition) is 7. The molecule has 2 fully saturated rings. The highest BCUT2D eigenvalue weighted by molar-refractivity contribution is 5.93. The average Bonchev–Trinajstić information content (AvgIpc) is 3.16. The van der Waals surface area contributed by atoms with Gasteiger partial charge < -0.3 is 25.6 Å². The lowest BCUT2D eigenvalue weighted by atomic mass is 9.89. The monoisotopic (exact) mass is 364 g/mol. The lowest BCUT2D eigenvalue weighted by Gasteiger charge is -2.32. The van der Waals surface area contributed by atoms with Crippen LogP contribution in [0.4, 0.5) is 0 Å². The van der Waals surface area contributed by atoms with Gasteiger partial charge in [-0.25, -0.2) is 4.79 Å². The summed E-state index contributed by atoms with van der Waals surface area (Å²) in [6.45, 7) is 5.17. The molecule has 9 heteroatoms. The zero-order valence-corrected chi connectivity index (χ0v) is 14.8. The van der Waals surface area contributed by atoms with E-state index in [1.165, 1.54) is 6.92 Å². The van der Waals surface area contributed by atoms with Crippen molar-refractivity contribution < 1.29 is 29.0 Å². The summed E-state index contributed by atoms with van der Waals surface area (Å²) in [6, 6.07) is -0.822. The Morgan fingerprint density at radius 1 is 1.29 bits per heavy atom. The van der Waals surface area contributed by atoms with Crippen LogP contribution in [0.15, 0.2) is 0 Å². The average molecular weight is 365 g/mol. The third-order valence-corrected chi connectivity index (χ3v) is 4.58. The first-order valence-corrected chi connectivity index (χ1v) is 7.89. The van der Waals surface area contributed by atoms with Crippen molar-refractivity contribution in [2.45, 2.75) is 44.9 Å². The number of hydrogen-bond donors (Lipinski definition) is 3. The molecule has 4 N–H and O–H groups in total. The zero-order valence-electron chi connectivity index (χ0n) is 14.0. The summed E-state index contributed by atoms with van der Waals surface area (Å²) in [7, 11) is 0. The Labute approximate surface area is 146 Å². The fourth-order valence-electron chi connectivity index (χ4n) is 3.59. The lowest BCUT2D eigenvalue weighted by Crippen LogP contribution is -2.60. The number of nitrogens with two attached hydrogens (primary N) is 1. The van der Waals surface area contributed by atoms with E-state index in [0.717, 1.165) is 0 Å². The van der Waals surface area contributed by atoms with Gasteiger partial charge in [0.05, 0.1) is 31.3 Å². The Hall–Kier alpha value is -1.38. The molecule has 2 rings (SSSR count). The number of fused-ring (bicyclic) bond motifs is 1. The first kappa shape index (κ1) is 20.7. The van der Waals surface area contributed by atoms with E-state index in [1.54, 1.807) is 13.8 Å². The van der Waals surface area contributed by atoms with Gasteiger partial charge in [0.2, 0.25) is 5.91 Å². The number of carbonyl (C=O) groups is 3. The molecule has 0 heterocycles. The molecule has 6 atom stereocenters. The van der Waals surface area contributed by atoms with Gasteiger partial charge in [-0.1, -0.05) is 0 Å². The predicted molar refractivity (Wildman–Crippen MR) is 86.1 cm³/mol. The molecule has 0 unspecified atom stereocenters. The van der Waals surface area contributed by atoms with Crippen molar-refractivity contribution in [3.8, 4) is 0 Å². The van der Waals surface area contributed by atoms with Crippen LogP contribution in [0.25, 0.3) is 0 Å². The van der Waals surface area contributed by atoms with Crippen LogP contribution >= 0.6 is 12.4 Å². The molecule has 0 aromatic heterocycles. The lowest BCUT2D eigenvalue weighted by molar-refractivity contribution is -0.156. The highest BCUT2D eigenvalue weighted by Gasteiger charge is 2.76. The minimum absolute atomic E-state index is 0. The Bertz CT molecular complexity index is 514. The van der Waals surface area contributed by atoms with Crippen molar-refractivity contribution in [2.24, 2.45) is 23.5 Å². The first-order chi connectivity index (χ1) is 10.8. The first-order valence-electron chi connectivity index (χ1n) is 7.89. The van der Waals surface area contributed by atoms with Crippen molar-refractivity contribution in [1.82, 2.24) is 5.32 Å². The van der Waals surface area contributed by atoms with Gasteiger partial charge >= 0.3 is 11.9 Å². The topological polar surface area (TPSA) is 128 Å².